The molecule has 0 radical (unpaired) electrons. The molecular weight excluding hydrogens is 470 g/mol. The van der Waals surface area contributed by atoms with E-state index in [4.69, 9.17) is 9.47 Å². The molecule has 0 spiro atoms. The maximum absolute atomic E-state index is 12.6. The molecule has 0 unspecified atom stereocenters. The van der Waals surface area contributed by atoms with Crippen LogP contribution in [0.1, 0.15) is 16.1 Å². The van der Waals surface area contributed by atoms with Crippen molar-refractivity contribution in [1.82, 2.24) is 15.2 Å². The number of amides is 2. The van der Waals surface area contributed by atoms with Crippen molar-refractivity contribution in [2.24, 2.45) is 0 Å². The van der Waals surface area contributed by atoms with Gasteiger partial charge in [-0.25, -0.2) is 9.78 Å². The van der Waals surface area contributed by atoms with Gasteiger partial charge in [0, 0.05) is 50.5 Å². The molecule has 9 nitrogen and oxygen atoms in total. The van der Waals surface area contributed by atoms with Crippen LogP contribution in [-0.4, -0.2) is 87.4 Å². The topological polar surface area (TPSA) is 96.0 Å². The van der Waals surface area contributed by atoms with Crippen LogP contribution >= 0.6 is 12.4 Å². The summed E-state index contributed by atoms with van der Waals surface area (Å²) in [5, 5.41) is 5.65. The third kappa shape index (κ3) is 8.32. The number of rotatable bonds is 8. The third-order valence-corrected chi connectivity index (χ3v) is 5.74. The molecule has 4 rings (SSSR count). The first-order valence-corrected chi connectivity index (χ1v) is 11.6. The number of carbonyl (C=O) groups is 2. The highest BCUT2D eigenvalue weighted by Crippen LogP contribution is 2.15. The van der Waals surface area contributed by atoms with Crippen LogP contribution in [0, 0.1) is 0 Å². The Morgan fingerprint density at radius 2 is 1.63 bits per heavy atom. The number of hydrogen-bond donors (Lipinski definition) is 2. The number of nitrogens with one attached hydrogen (secondary N) is 2. The van der Waals surface area contributed by atoms with E-state index in [1.54, 1.807) is 30.3 Å². The van der Waals surface area contributed by atoms with Gasteiger partial charge in [-0.05, 0) is 48.6 Å². The van der Waals surface area contributed by atoms with Gasteiger partial charge in [0.15, 0.2) is 5.78 Å². The number of allylic oxidation sites excluding steroid dienone is 1. The van der Waals surface area contributed by atoms with Crippen LogP contribution in [-0.2, 0) is 9.47 Å². The predicted molar refractivity (Wildman–Crippen MR) is 139 cm³/mol. The summed E-state index contributed by atoms with van der Waals surface area (Å²) < 4.78 is 10.7. The smallest absolute Gasteiger partial charge is 0.319 e. The fourth-order valence-corrected chi connectivity index (χ4v) is 3.80. The molecule has 2 N–H and O–H groups in total. The van der Waals surface area contributed by atoms with E-state index < -0.39 is 0 Å². The van der Waals surface area contributed by atoms with Gasteiger partial charge in [0.1, 0.15) is 5.82 Å². The number of anilines is 2. The number of benzene rings is 1. The largest absolute Gasteiger partial charge is 0.379 e. The molecule has 2 saturated heterocycles. The minimum absolute atomic E-state index is 0. The first kappa shape index (κ1) is 26.6. The van der Waals surface area contributed by atoms with E-state index in [9.17, 15) is 9.59 Å². The highest BCUT2D eigenvalue weighted by molar-refractivity contribution is 6.07. The van der Waals surface area contributed by atoms with Gasteiger partial charge in [0.25, 0.3) is 0 Å². The molecule has 2 aliphatic heterocycles. The Bertz CT molecular complexity index is 990. The first-order valence-electron chi connectivity index (χ1n) is 11.6. The molecule has 2 aliphatic rings. The molecule has 0 atom stereocenters. The van der Waals surface area contributed by atoms with Crippen LogP contribution in [0.15, 0.2) is 48.5 Å². The number of halogens is 1. The summed E-state index contributed by atoms with van der Waals surface area (Å²) in [5.74, 6) is 0.761. The highest BCUT2D eigenvalue weighted by atomic mass is 35.5. The third-order valence-electron chi connectivity index (χ3n) is 5.74. The van der Waals surface area contributed by atoms with Crippen LogP contribution in [0.5, 0.6) is 0 Å². The van der Waals surface area contributed by atoms with E-state index in [1.165, 1.54) is 6.08 Å². The summed E-state index contributed by atoms with van der Waals surface area (Å²) in [6, 6.07) is 12.4. The van der Waals surface area contributed by atoms with Crippen molar-refractivity contribution < 1.29 is 19.1 Å². The van der Waals surface area contributed by atoms with E-state index in [-0.39, 0.29) is 24.2 Å². The monoisotopic (exact) mass is 501 g/mol. The summed E-state index contributed by atoms with van der Waals surface area (Å²) in [5.41, 5.74) is 1.90. The number of ketones is 1. The normalized spacial score (nSPS) is 16.5. The van der Waals surface area contributed by atoms with Gasteiger partial charge >= 0.3 is 6.03 Å². The van der Waals surface area contributed by atoms with Crippen LogP contribution in [0.25, 0.3) is 6.08 Å². The minimum Gasteiger partial charge on any atom is -0.379 e. The Balaban J connectivity index is 0.00000342. The van der Waals surface area contributed by atoms with Crippen molar-refractivity contribution in [2.75, 3.05) is 75.9 Å². The maximum atomic E-state index is 12.6. The zero-order valence-corrected chi connectivity index (χ0v) is 20.5. The second-order valence-corrected chi connectivity index (χ2v) is 8.13. The number of urea groups is 1. The zero-order chi connectivity index (χ0) is 23.6. The number of morpholine rings is 2. The summed E-state index contributed by atoms with van der Waals surface area (Å²) in [6.07, 6.45) is 3.24. The molecule has 188 valence electrons. The number of aromatic nitrogens is 1. The molecule has 1 aromatic heterocycles. The Morgan fingerprint density at radius 3 is 2.34 bits per heavy atom. The van der Waals surface area contributed by atoms with Crippen LogP contribution < -0.4 is 15.5 Å². The second-order valence-electron chi connectivity index (χ2n) is 8.13. The van der Waals surface area contributed by atoms with Crippen molar-refractivity contribution in [3.8, 4) is 0 Å². The second kappa shape index (κ2) is 13.8. The van der Waals surface area contributed by atoms with Crippen LogP contribution in [0.4, 0.5) is 16.3 Å². The molecule has 3 heterocycles. The average molecular weight is 502 g/mol. The van der Waals surface area contributed by atoms with E-state index in [0.717, 1.165) is 57.4 Å². The van der Waals surface area contributed by atoms with Crippen LogP contribution in [0.2, 0.25) is 0 Å². The van der Waals surface area contributed by atoms with Gasteiger partial charge in [-0.1, -0.05) is 6.07 Å². The molecule has 0 saturated carbocycles. The standard InChI is InChI=1S/C25H31N5O4.ClH/c31-23(9-8-21-2-1-3-24(27-21)30-14-18-34-19-15-30)20-4-6-22(7-5-20)28-25(32)26-10-11-29-12-16-33-17-13-29;/h1-9H,10-19H2,(H2,26,28,32);1H. The number of nitrogens with zero attached hydrogens (tertiary/aromatic N) is 3. The fourth-order valence-electron chi connectivity index (χ4n) is 3.80. The molecule has 10 heteroatoms. The Kier molecular flexibility index (Phi) is 10.5. The zero-order valence-electron chi connectivity index (χ0n) is 19.7. The van der Waals surface area contributed by atoms with Crippen molar-refractivity contribution in [1.29, 1.82) is 0 Å². The quantitative estimate of drug-likeness (QED) is 0.424. The summed E-state index contributed by atoms with van der Waals surface area (Å²) in [4.78, 5) is 33.7. The van der Waals surface area contributed by atoms with Crippen molar-refractivity contribution >= 4 is 41.8 Å². The predicted octanol–water partition coefficient (Wildman–Crippen LogP) is 2.69. The lowest BCUT2D eigenvalue weighted by molar-refractivity contribution is 0.0388. The van der Waals surface area contributed by atoms with Gasteiger partial charge < -0.3 is 25.0 Å². The minimum atomic E-state index is -0.265. The van der Waals surface area contributed by atoms with E-state index >= 15 is 0 Å². The lowest BCUT2D eigenvalue weighted by Gasteiger charge is -2.27. The molecule has 35 heavy (non-hydrogen) atoms. The molecule has 0 aliphatic carbocycles. The van der Waals surface area contributed by atoms with Crippen LogP contribution in [0.3, 0.4) is 0 Å². The van der Waals surface area contributed by atoms with Gasteiger partial charge in [0.2, 0.25) is 0 Å². The molecule has 2 amide bonds. The number of ether oxygens (including phenoxy) is 2. The molecule has 2 aromatic rings. The first-order chi connectivity index (χ1) is 16.7. The van der Waals surface area contributed by atoms with Gasteiger partial charge in [0.05, 0.1) is 32.1 Å². The van der Waals surface area contributed by atoms with E-state index in [2.05, 4.69) is 25.4 Å². The van der Waals surface area contributed by atoms with Crippen molar-refractivity contribution in [2.45, 2.75) is 0 Å². The SMILES string of the molecule is Cl.O=C(NCCN1CCOCC1)Nc1ccc(C(=O)C=Cc2cccc(N3CCOCC3)n2)cc1. The molecule has 0 bridgehead atoms. The summed E-state index contributed by atoms with van der Waals surface area (Å²) in [7, 11) is 0. The number of pyridine rings is 1. The van der Waals surface area contributed by atoms with Gasteiger partial charge in [-0.2, -0.15) is 0 Å². The Hall–Kier alpha value is -2.98. The summed E-state index contributed by atoms with van der Waals surface area (Å²) in [6.45, 7) is 7.63. The molecular formula is C25H32ClN5O4. The van der Waals surface area contributed by atoms with E-state index in [1.807, 2.05) is 18.2 Å². The maximum Gasteiger partial charge on any atom is 0.319 e. The fraction of sp³-hybridized carbons (Fsp3) is 0.400. The van der Waals surface area contributed by atoms with Crippen molar-refractivity contribution in [3.63, 3.8) is 0 Å². The molecule has 2 fully saturated rings. The number of carbonyl (C=O) groups excluding carboxylic acids is 2. The lowest BCUT2D eigenvalue weighted by atomic mass is 10.1. The van der Waals surface area contributed by atoms with Gasteiger partial charge in [-0.15, -0.1) is 12.4 Å². The van der Waals surface area contributed by atoms with Crippen molar-refractivity contribution in [3.05, 3.63) is 59.8 Å². The Labute approximate surface area is 211 Å². The Morgan fingerprint density at radius 1 is 0.943 bits per heavy atom. The highest BCUT2D eigenvalue weighted by Gasteiger charge is 2.13. The van der Waals surface area contributed by atoms with Gasteiger partial charge in [-0.3, -0.25) is 9.69 Å². The number of hydrogen-bond acceptors (Lipinski definition) is 7. The summed E-state index contributed by atoms with van der Waals surface area (Å²) >= 11 is 0. The average Bonchev–Trinajstić information content (AvgIpc) is 2.89. The van der Waals surface area contributed by atoms with E-state index in [0.29, 0.717) is 31.0 Å². The lowest BCUT2D eigenvalue weighted by Crippen LogP contribution is -2.42. The molecule has 1 aromatic carbocycles.